The van der Waals surface area contributed by atoms with Gasteiger partial charge < -0.3 is 14.2 Å². The molecule has 2 heterocycles. The normalized spacial score (nSPS) is 16.6. The molecule has 1 fully saturated rings. The molecule has 11 heteroatoms. The Morgan fingerprint density at radius 1 is 0.930 bits per heavy atom. The minimum absolute atomic E-state index is 0.0973. The summed E-state index contributed by atoms with van der Waals surface area (Å²) in [6, 6.07) is 9.73. The molecule has 0 amide bonds. The standard InChI is InChI=1S/C32H34F6N4O/c1-3-41(17-22-8-4-5-9-22)29-25(16-24-10-6-7-11-28(24)40-29)19-42(30-39-21(2)20-43-30)18-23-14-26(31(33,34)35)12-13-27(15-23)32(36,37)38/h6-7,10-12,14-16,20,22H,3-5,8-9,13,17-19H2,1-2H3. The van der Waals surface area contributed by atoms with Crippen molar-refractivity contribution in [2.24, 2.45) is 5.92 Å². The Balaban J connectivity index is 1.57. The number of alkyl halides is 6. The second kappa shape index (κ2) is 12.5. The van der Waals surface area contributed by atoms with E-state index < -0.39 is 29.9 Å². The van der Waals surface area contributed by atoms with Gasteiger partial charge in [-0.25, -0.2) is 4.98 Å². The number of oxazole rings is 1. The van der Waals surface area contributed by atoms with Crippen LogP contribution >= 0.6 is 0 Å². The number of rotatable bonds is 9. The molecule has 43 heavy (non-hydrogen) atoms. The highest BCUT2D eigenvalue weighted by molar-refractivity contribution is 5.82. The molecule has 1 saturated carbocycles. The van der Waals surface area contributed by atoms with E-state index in [0.29, 0.717) is 24.2 Å². The van der Waals surface area contributed by atoms with Crippen LogP contribution < -0.4 is 9.80 Å². The first kappa shape index (κ1) is 30.7. The summed E-state index contributed by atoms with van der Waals surface area (Å²) in [5.74, 6) is 1.26. The van der Waals surface area contributed by atoms with Crippen LogP contribution in [0.4, 0.5) is 38.2 Å². The Kier molecular flexibility index (Phi) is 8.89. The molecule has 0 bridgehead atoms. The predicted molar refractivity (Wildman–Crippen MR) is 155 cm³/mol. The maximum absolute atomic E-state index is 13.8. The van der Waals surface area contributed by atoms with Gasteiger partial charge in [-0.1, -0.05) is 37.1 Å². The summed E-state index contributed by atoms with van der Waals surface area (Å²) in [6.45, 7) is 5.06. The van der Waals surface area contributed by atoms with Crippen LogP contribution in [0.25, 0.3) is 10.9 Å². The molecule has 2 aliphatic rings. The summed E-state index contributed by atoms with van der Waals surface area (Å²) in [6.07, 6.45) is -2.24. The number of aryl methyl sites for hydroxylation is 1. The van der Waals surface area contributed by atoms with Gasteiger partial charge in [0.05, 0.1) is 23.3 Å². The van der Waals surface area contributed by atoms with E-state index in [9.17, 15) is 26.3 Å². The predicted octanol–water partition coefficient (Wildman–Crippen LogP) is 8.86. The third-order valence-corrected chi connectivity index (χ3v) is 7.96. The molecule has 5 nitrogen and oxygen atoms in total. The minimum atomic E-state index is -4.80. The van der Waals surface area contributed by atoms with Crippen molar-refractivity contribution in [3.63, 3.8) is 0 Å². The number of halogens is 6. The Bertz CT molecular complexity index is 1530. The largest absolute Gasteiger partial charge is 0.432 e. The van der Waals surface area contributed by atoms with E-state index in [1.54, 1.807) is 11.8 Å². The molecule has 0 spiro atoms. The molecule has 5 rings (SSSR count). The van der Waals surface area contributed by atoms with Gasteiger partial charge in [0.2, 0.25) is 0 Å². The third kappa shape index (κ3) is 7.43. The SMILES string of the molecule is CCN(CC1CCCC1)c1nc2ccccc2cc1CN(CC1=CC(C(F)(F)F)=CCC(C(F)(F)F)=C1)c1nc(C)co1. The second-order valence-electron chi connectivity index (χ2n) is 11.2. The van der Waals surface area contributed by atoms with Crippen LogP contribution in [0.3, 0.4) is 0 Å². The number of aromatic nitrogens is 2. The lowest BCUT2D eigenvalue weighted by atomic mass is 10.1. The zero-order valence-electron chi connectivity index (χ0n) is 24.1. The highest BCUT2D eigenvalue weighted by Crippen LogP contribution is 2.37. The number of pyridine rings is 1. The molecule has 0 radical (unpaired) electrons. The van der Waals surface area contributed by atoms with E-state index in [1.807, 2.05) is 30.3 Å². The summed E-state index contributed by atoms with van der Waals surface area (Å²) in [5, 5.41) is 0.872. The molecule has 0 N–H and O–H groups in total. The summed E-state index contributed by atoms with van der Waals surface area (Å²) in [7, 11) is 0. The van der Waals surface area contributed by atoms with Crippen molar-refractivity contribution < 1.29 is 30.8 Å². The lowest BCUT2D eigenvalue weighted by molar-refractivity contribution is -0.0945. The molecule has 230 valence electrons. The Morgan fingerprint density at radius 2 is 1.67 bits per heavy atom. The van der Waals surface area contributed by atoms with E-state index >= 15 is 0 Å². The lowest BCUT2D eigenvalue weighted by Gasteiger charge is -2.30. The first-order valence-electron chi connectivity index (χ1n) is 14.5. The summed E-state index contributed by atoms with van der Waals surface area (Å²) in [5.41, 5.74) is -0.223. The van der Waals surface area contributed by atoms with Crippen LogP contribution in [-0.2, 0) is 6.54 Å². The zero-order chi connectivity index (χ0) is 30.8. The molecule has 2 aromatic heterocycles. The fourth-order valence-corrected chi connectivity index (χ4v) is 5.80. The van der Waals surface area contributed by atoms with Crippen LogP contribution in [0.5, 0.6) is 0 Å². The highest BCUT2D eigenvalue weighted by Gasteiger charge is 2.37. The van der Waals surface area contributed by atoms with Gasteiger partial charge in [0.15, 0.2) is 0 Å². The molecule has 1 aromatic carbocycles. The summed E-state index contributed by atoms with van der Waals surface area (Å²) >= 11 is 0. The summed E-state index contributed by atoms with van der Waals surface area (Å²) < 4.78 is 88.2. The maximum Gasteiger partial charge on any atom is 0.416 e. The van der Waals surface area contributed by atoms with Gasteiger partial charge in [0.25, 0.3) is 6.01 Å². The average Bonchev–Trinajstić information content (AvgIpc) is 3.57. The van der Waals surface area contributed by atoms with Gasteiger partial charge in [0, 0.05) is 36.2 Å². The number of fused-ring (bicyclic) bond motifs is 1. The smallest absolute Gasteiger partial charge is 0.416 e. The highest BCUT2D eigenvalue weighted by atomic mass is 19.4. The van der Waals surface area contributed by atoms with Crippen LogP contribution in [0.1, 0.15) is 50.3 Å². The van der Waals surface area contributed by atoms with Crippen molar-refractivity contribution in [2.45, 2.75) is 64.8 Å². The van der Waals surface area contributed by atoms with Crippen molar-refractivity contribution >= 4 is 22.7 Å². The van der Waals surface area contributed by atoms with Gasteiger partial charge in [-0.2, -0.15) is 31.3 Å². The van der Waals surface area contributed by atoms with Gasteiger partial charge in [-0.15, -0.1) is 0 Å². The van der Waals surface area contributed by atoms with E-state index in [1.165, 1.54) is 19.1 Å². The molecule has 2 aliphatic carbocycles. The van der Waals surface area contributed by atoms with Gasteiger partial charge in [0.1, 0.15) is 12.1 Å². The number of benzene rings is 1. The van der Waals surface area contributed by atoms with Crippen molar-refractivity contribution in [3.05, 3.63) is 82.8 Å². The number of nitrogens with zero attached hydrogens (tertiary/aromatic N) is 4. The van der Waals surface area contributed by atoms with Crippen LogP contribution in [0.15, 0.2) is 76.0 Å². The molecule has 0 atom stereocenters. The Labute approximate surface area is 246 Å². The van der Waals surface area contributed by atoms with E-state index in [4.69, 9.17) is 9.40 Å². The Hall–Kier alpha value is -3.76. The second-order valence-corrected chi connectivity index (χ2v) is 11.2. The van der Waals surface area contributed by atoms with E-state index in [2.05, 4.69) is 16.8 Å². The maximum atomic E-state index is 13.8. The van der Waals surface area contributed by atoms with Crippen molar-refractivity contribution in [3.8, 4) is 0 Å². The monoisotopic (exact) mass is 604 g/mol. The molecule has 3 aromatic rings. The first-order valence-corrected chi connectivity index (χ1v) is 14.5. The number of allylic oxidation sites excluding steroid dienone is 4. The third-order valence-electron chi connectivity index (χ3n) is 7.96. The number of hydrogen-bond donors (Lipinski definition) is 0. The lowest BCUT2D eigenvalue weighted by Crippen LogP contribution is -2.32. The van der Waals surface area contributed by atoms with E-state index in [0.717, 1.165) is 53.8 Å². The molecular formula is C32H34F6N4O. The summed E-state index contributed by atoms with van der Waals surface area (Å²) in [4.78, 5) is 13.2. The van der Waals surface area contributed by atoms with Crippen LogP contribution in [0, 0.1) is 12.8 Å². The van der Waals surface area contributed by atoms with Gasteiger partial charge in [-0.3, -0.25) is 0 Å². The van der Waals surface area contributed by atoms with E-state index in [-0.39, 0.29) is 24.7 Å². The van der Waals surface area contributed by atoms with Crippen LogP contribution in [0.2, 0.25) is 0 Å². The van der Waals surface area contributed by atoms with Crippen LogP contribution in [-0.4, -0.2) is 42.0 Å². The minimum Gasteiger partial charge on any atom is -0.432 e. The number of anilines is 2. The number of para-hydroxylation sites is 1. The molecule has 0 saturated heterocycles. The van der Waals surface area contributed by atoms with Gasteiger partial charge in [-0.05, 0) is 68.9 Å². The molecule has 0 unspecified atom stereocenters. The number of hydrogen-bond acceptors (Lipinski definition) is 5. The Morgan fingerprint density at radius 3 is 2.33 bits per heavy atom. The topological polar surface area (TPSA) is 45.4 Å². The van der Waals surface area contributed by atoms with Crippen molar-refractivity contribution in [2.75, 3.05) is 29.4 Å². The molecule has 0 aliphatic heterocycles. The fraction of sp³-hybridized carbons (Fsp3) is 0.438. The quantitative estimate of drug-likeness (QED) is 0.228. The average molecular weight is 605 g/mol. The van der Waals surface area contributed by atoms with Crippen molar-refractivity contribution in [1.82, 2.24) is 9.97 Å². The van der Waals surface area contributed by atoms with Gasteiger partial charge >= 0.3 is 12.4 Å². The zero-order valence-corrected chi connectivity index (χ0v) is 24.1. The fourth-order valence-electron chi connectivity index (χ4n) is 5.80. The first-order chi connectivity index (χ1) is 20.4. The van der Waals surface area contributed by atoms with Crippen molar-refractivity contribution in [1.29, 1.82) is 0 Å². The molecular weight excluding hydrogens is 570 g/mol.